The Kier molecular flexibility index (Phi) is 42.4. The van der Waals surface area contributed by atoms with Gasteiger partial charge in [0.1, 0.15) is 72.1 Å². The van der Waals surface area contributed by atoms with Gasteiger partial charge >= 0.3 is 6.09 Å². The summed E-state index contributed by atoms with van der Waals surface area (Å²) in [5, 5.41) is 36.3. The maximum Gasteiger partial charge on any atom is 0.407 e. The molecular formula is C76H140N12O15S. The van der Waals surface area contributed by atoms with Crippen LogP contribution in [0.25, 0.3) is 0 Å². The van der Waals surface area contributed by atoms with E-state index in [1.807, 2.05) is 55.4 Å². The van der Waals surface area contributed by atoms with Crippen LogP contribution in [0.1, 0.15) is 221 Å². The number of amides is 12. The van der Waals surface area contributed by atoms with Crippen molar-refractivity contribution in [2.75, 3.05) is 74.0 Å². The second-order valence-electron chi connectivity index (χ2n) is 32.3. The molecule has 0 aliphatic carbocycles. The number of hydrogen-bond donors (Lipinski definition) is 7. The quantitative estimate of drug-likeness (QED) is 0.0415. The van der Waals surface area contributed by atoms with Crippen LogP contribution in [-0.2, 0) is 57.5 Å². The lowest BCUT2D eigenvalue weighted by molar-refractivity contribution is -0.157. The van der Waals surface area contributed by atoms with Gasteiger partial charge in [-0.15, -0.1) is 0 Å². The van der Waals surface area contributed by atoms with Crippen LogP contribution in [0.3, 0.4) is 0 Å². The Morgan fingerprint density at radius 1 is 0.471 bits per heavy atom. The fourth-order valence-electron chi connectivity index (χ4n) is 13.0. The summed E-state index contributed by atoms with van der Waals surface area (Å²) in [6, 6.07) is -14.0. The van der Waals surface area contributed by atoms with E-state index >= 15 is 28.8 Å². The highest BCUT2D eigenvalue weighted by molar-refractivity contribution is 7.99. The number of likely N-dealkylation sites (N-methyl/N-ethyl adjacent to an activating group) is 7. The average molecular weight is 1490 g/mol. The molecule has 0 radical (unpaired) electrons. The van der Waals surface area contributed by atoms with Crippen molar-refractivity contribution in [3.63, 3.8) is 0 Å². The molecule has 12 amide bonds. The lowest BCUT2D eigenvalue weighted by atomic mass is 9.90. The van der Waals surface area contributed by atoms with Crippen LogP contribution in [-0.4, -0.2) is 268 Å². The first-order valence-electron chi connectivity index (χ1n) is 38.1. The van der Waals surface area contributed by atoms with E-state index in [-0.39, 0.29) is 68.1 Å². The van der Waals surface area contributed by atoms with Gasteiger partial charge in [0, 0.05) is 68.2 Å². The van der Waals surface area contributed by atoms with Gasteiger partial charge < -0.3 is 75.8 Å². The third-order valence-corrected chi connectivity index (χ3v) is 20.5. The second kappa shape index (κ2) is 46.0. The van der Waals surface area contributed by atoms with Gasteiger partial charge in [-0.1, -0.05) is 129 Å². The number of rotatable bonds is 28. The monoisotopic (exact) mass is 1490 g/mol. The standard InChI is InChI=1S/C76H140N12O15S/c1-27-54-69(96)86(24)59(44-104-39-35-34-38-89)72(99)82(20)56(41-46(4)5)66(93)81-60(49(10)11)73(100)83(21)55(40-45(2)3)65(92)78-52(15)64(91)79-53(16)68(95)84(22)57(42-47(6)7)70(97)85(23)58(43-48(8)9)71(98)87(25)61(50(12)13)74(101)88(26)62(67(94)80-54)63(90)51(14)36-32-30-28-29-31-33-37-77-75(102)103-76(17,18)19/h45-63,89-90H,27-44H2,1-26H3,(H,77,102)(H,78,92)(H,79,91)(H,80,94)(H,81,93)/t51-,52-,53+,54-,55-,56+,57-,58-,59-,60-,61-,62+,63-/m1/s1. The van der Waals surface area contributed by atoms with Crippen molar-refractivity contribution in [3.05, 3.63) is 0 Å². The molecule has 0 aromatic rings. The van der Waals surface area contributed by atoms with Crippen LogP contribution in [0, 0.1) is 41.4 Å². The molecular weight excluding hydrogens is 1350 g/mol. The number of alkyl carbamates (subject to hydrolysis) is 1. The van der Waals surface area contributed by atoms with Gasteiger partial charge in [0.2, 0.25) is 65.0 Å². The Labute approximate surface area is 628 Å². The number of aliphatic hydroxyl groups excluding tert-OH is 2. The number of aliphatic hydroxyl groups is 2. The summed E-state index contributed by atoms with van der Waals surface area (Å²) < 4.78 is 5.34. The summed E-state index contributed by atoms with van der Waals surface area (Å²) in [7, 11) is 10.0. The molecule has 1 rings (SSSR count). The Morgan fingerprint density at radius 2 is 0.894 bits per heavy atom. The molecule has 104 heavy (non-hydrogen) atoms. The minimum Gasteiger partial charge on any atom is -0.444 e. The van der Waals surface area contributed by atoms with E-state index in [1.165, 1.54) is 104 Å². The van der Waals surface area contributed by atoms with E-state index in [0.717, 1.165) is 37.0 Å². The summed E-state index contributed by atoms with van der Waals surface area (Å²) in [4.78, 5) is 186. The summed E-state index contributed by atoms with van der Waals surface area (Å²) >= 11 is 1.35. The Bertz CT molecular complexity index is 2770. The van der Waals surface area contributed by atoms with Gasteiger partial charge in [0.05, 0.1) is 6.10 Å². The molecule has 1 heterocycles. The van der Waals surface area contributed by atoms with E-state index in [1.54, 1.807) is 62.3 Å². The minimum absolute atomic E-state index is 0.0215. The SMILES string of the molecule is CC[C@H]1NC(=O)[C@H]([C@H](O)[C@H](C)CCCCCCCCNC(=O)OC(C)(C)C)N(C)C(=O)[C@@H](C(C)C)N(C)C(=O)[C@@H](CC(C)C)N(C)C(=O)[C@@H](CC(C)C)N(C)C(=O)[C@H](C)NC(=O)[C@@H](C)NC(=O)[C@@H](CC(C)C)N(C)C(=O)[C@@H](C(C)C)NC(=O)[C@H](CC(C)C)N(C)C(=O)[C@@H](CSCCCCO)N(C)C1=O. The van der Waals surface area contributed by atoms with E-state index in [9.17, 15) is 39.0 Å². The number of hydrogen-bond acceptors (Lipinski definition) is 16. The summed E-state index contributed by atoms with van der Waals surface area (Å²) in [6.45, 7) is 34.0. The van der Waals surface area contributed by atoms with Crippen molar-refractivity contribution >= 4 is 82.8 Å². The van der Waals surface area contributed by atoms with Crippen molar-refractivity contribution < 1.29 is 72.5 Å². The molecule has 1 fully saturated rings. The van der Waals surface area contributed by atoms with Crippen LogP contribution < -0.4 is 26.6 Å². The van der Waals surface area contributed by atoms with Crippen molar-refractivity contribution in [1.29, 1.82) is 0 Å². The molecule has 0 bridgehead atoms. The van der Waals surface area contributed by atoms with Crippen LogP contribution in [0.4, 0.5) is 4.79 Å². The van der Waals surface area contributed by atoms with Crippen LogP contribution in [0.2, 0.25) is 0 Å². The Morgan fingerprint density at radius 3 is 1.38 bits per heavy atom. The minimum atomic E-state index is -1.67. The second-order valence-corrected chi connectivity index (χ2v) is 33.5. The molecule has 0 unspecified atom stereocenters. The summed E-state index contributed by atoms with van der Waals surface area (Å²) in [5.41, 5.74) is -0.614. The third-order valence-electron chi connectivity index (χ3n) is 19.4. The predicted octanol–water partition coefficient (Wildman–Crippen LogP) is 6.43. The van der Waals surface area contributed by atoms with Gasteiger partial charge in [-0.25, -0.2) is 4.79 Å². The number of nitrogens with zero attached hydrogens (tertiary/aromatic N) is 7. The predicted molar refractivity (Wildman–Crippen MR) is 408 cm³/mol. The first kappa shape index (κ1) is 95.7. The summed E-state index contributed by atoms with van der Waals surface area (Å²) in [5.74, 6) is -9.58. The Hall–Kier alpha value is -6.29. The van der Waals surface area contributed by atoms with Gasteiger partial charge in [-0.3, -0.25) is 52.7 Å². The highest BCUT2D eigenvalue weighted by Gasteiger charge is 2.47. The zero-order valence-corrected chi connectivity index (χ0v) is 69.3. The molecule has 13 atom stereocenters. The first-order chi connectivity index (χ1) is 48.2. The zero-order chi connectivity index (χ0) is 80.1. The largest absolute Gasteiger partial charge is 0.444 e. The Balaban J connectivity index is 4.43. The van der Waals surface area contributed by atoms with E-state index < -0.39 is 167 Å². The van der Waals surface area contributed by atoms with Crippen molar-refractivity contribution in [1.82, 2.24) is 60.9 Å². The molecule has 600 valence electrons. The lowest BCUT2D eigenvalue weighted by Gasteiger charge is -2.41. The zero-order valence-electron chi connectivity index (χ0n) is 68.4. The van der Waals surface area contributed by atoms with Gasteiger partial charge in [0.15, 0.2) is 0 Å². The van der Waals surface area contributed by atoms with E-state index in [2.05, 4.69) is 26.6 Å². The highest BCUT2D eigenvalue weighted by atomic mass is 32.2. The maximum atomic E-state index is 15.6. The molecule has 0 spiro atoms. The number of nitrogens with one attached hydrogen (secondary N) is 5. The molecule has 0 aromatic heterocycles. The molecule has 0 saturated carbocycles. The van der Waals surface area contributed by atoms with E-state index in [4.69, 9.17) is 4.74 Å². The molecule has 28 heteroatoms. The molecule has 7 N–H and O–H groups in total. The normalized spacial score (nSPS) is 24.9. The lowest BCUT2D eigenvalue weighted by Crippen LogP contribution is -2.64. The smallest absolute Gasteiger partial charge is 0.407 e. The van der Waals surface area contributed by atoms with Crippen molar-refractivity contribution in [2.24, 2.45) is 41.4 Å². The fourth-order valence-corrected chi connectivity index (χ4v) is 14.1. The number of ether oxygens (including phenoxy) is 1. The van der Waals surface area contributed by atoms with Crippen LogP contribution >= 0.6 is 11.8 Å². The maximum absolute atomic E-state index is 15.6. The van der Waals surface area contributed by atoms with Gasteiger partial charge in [-0.05, 0) is 140 Å². The molecule has 0 aromatic carbocycles. The van der Waals surface area contributed by atoms with Crippen molar-refractivity contribution in [3.8, 4) is 0 Å². The third kappa shape index (κ3) is 30.5. The molecule has 1 aliphatic rings. The van der Waals surface area contributed by atoms with Crippen molar-refractivity contribution in [2.45, 2.75) is 300 Å². The highest BCUT2D eigenvalue weighted by Crippen LogP contribution is 2.28. The molecule has 1 saturated heterocycles. The molecule has 27 nitrogen and oxygen atoms in total. The average Bonchev–Trinajstić information content (AvgIpc) is 0.803. The van der Waals surface area contributed by atoms with Gasteiger partial charge in [0.25, 0.3) is 0 Å². The van der Waals surface area contributed by atoms with Gasteiger partial charge in [-0.2, -0.15) is 11.8 Å². The number of thioether (sulfide) groups is 1. The summed E-state index contributed by atoms with van der Waals surface area (Å²) in [6.07, 6.45) is 4.66. The number of carbonyl (C=O) groups excluding carboxylic acids is 12. The number of carbonyl (C=O) groups is 12. The first-order valence-corrected chi connectivity index (χ1v) is 39.3. The van der Waals surface area contributed by atoms with E-state index in [0.29, 0.717) is 38.0 Å². The fraction of sp³-hybridized carbons (Fsp3) is 0.842. The number of unbranched alkanes of at least 4 members (excludes halogenated alkanes) is 6. The molecule has 1 aliphatic heterocycles. The van der Waals surface area contributed by atoms with Crippen LogP contribution in [0.15, 0.2) is 0 Å². The van der Waals surface area contributed by atoms with Crippen LogP contribution in [0.5, 0.6) is 0 Å². The topological polar surface area (TPSA) is 337 Å².